The van der Waals surface area contributed by atoms with E-state index in [2.05, 4.69) is 10.4 Å². The molecule has 1 N–H and O–H groups in total. The molecule has 0 atom stereocenters. The number of benzene rings is 1. The lowest BCUT2D eigenvalue weighted by molar-refractivity contribution is 0.206. The van der Waals surface area contributed by atoms with Crippen LogP contribution < -0.4 is 5.32 Å². The van der Waals surface area contributed by atoms with Crippen molar-refractivity contribution in [1.29, 1.82) is 0 Å². The van der Waals surface area contributed by atoms with Gasteiger partial charge in [-0.1, -0.05) is 23.7 Å². The van der Waals surface area contributed by atoms with Crippen molar-refractivity contribution in [2.24, 2.45) is 0 Å². The first-order valence-electron chi connectivity index (χ1n) is 8.26. The number of hydrogen-bond acceptors (Lipinski definition) is 2. The summed E-state index contributed by atoms with van der Waals surface area (Å²) in [6.07, 6.45) is 3.82. The van der Waals surface area contributed by atoms with Crippen molar-refractivity contribution in [2.45, 2.75) is 39.8 Å². The summed E-state index contributed by atoms with van der Waals surface area (Å²) in [7, 11) is 1.80. The summed E-state index contributed by atoms with van der Waals surface area (Å²) in [5.74, 6) is 0. The van der Waals surface area contributed by atoms with E-state index in [4.69, 9.17) is 11.6 Å². The van der Waals surface area contributed by atoms with Crippen LogP contribution in [0.5, 0.6) is 0 Å². The second-order valence-corrected chi connectivity index (χ2v) is 6.35. The molecule has 0 unspecified atom stereocenters. The number of rotatable bonds is 7. The highest BCUT2D eigenvalue weighted by Crippen LogP contribution is 2.11. The molecule has 2 rings (SSSR count). The molecule has 2 aromatic rings. The Bertz CT molecular complexity index is 666. The van der Waals surface area contributed by atoms with Gasteiger partial charge in [0, 0.05) is 36.9 Å². The molecule has 0 saturated carbocycles. The quantitative estimate of drug-likeness (QED) is 0.776. The number of nitrogens with one attached hydrogen (secondary N) is 1. The van der Waals surface area contributed by atoms with Crippen LogP contribution in [0.4, 0.5) is 4.79 Å². The summed E-state index contributed by atoms with van der Waals surface area (Å²) in [5, 5.41) is 8.11. The molecule has 0 radical (unpaired) electrons. The van der Waals surface area contributed by atoms with E-state index < -0.39 is 0 Å². The van der Waals surface area contributed by atoms with Crippen LogP contribution >= 0.6 is 11.6 Å². The number of carbonyl (C=O) groups excluding carboxylic acids is 1. The molecular formula is C18H25ClN4O. The fourth-order valence-electron chi connectivity index (χ4n) is 2.48. The van der Waals surface area contributed by atoms with Gasteiger partial charge in [-0.05, 0) is 44.4 Å². The molecule has 0 spiro atoms. The molecule has 2 amide bonds. The van der Waals surface area contributed by atoms with Gasteiger partial charge in [0.25, 0.3) is 0 Å². The summed E-state index contributed by atoms with van der Waals surface area (Å²) in [5.41, 5.74) is 3.28. The number of carbonyl (C=O) groups is 1. The molecule has 0 aliphatic heterocycles. The molecule has 0 aliphatic carbocycles. The van der Waals surface area contributed by atoms with Crippen LogP contribution in [-0.2, 0) is 19.5 Å². The lowest BCUT2D eigenvalue weighted by Gasteiger charge is -2.17. The van der Waals surface area contributed by atoms with Crippen molar-refractivity contribution in [3.8, 4) is 0 Å². The Labute approximate surface area is 148 Å². The zero-order chi connectivity index (χ0) is 17.5. The number of urea groups is 1. The van der Waals surface area contributed by atoms with Gasteiger partial charge in [0.2, 0.25) is 0 Å². The Morgan fingerprint density at radius 2 is 2.04 bits per heavy atom. The van der Waals surface area contributed by atoms with Crippen LogP contribution in [0.25, 0.3) is 0 Å². The van der Waals surface area contributed by atoms with Crippen molar-refractivity contribution in [3.63, 3.8) is 0 Å². The van der Waals surface area contributed by atoms with Crippen molar-refractivity contribution < 1.29 is 4.79 Å². The Hall–Kier alpha value is -2.01. The predicted molar refractivity (Wildman–Crippen MR) is 97.3 cm³/mol. The van der Waals surface area contributed by atoms with Gasteiger partial charge in [-0.15, -0.1) is 0 Å². The topological polar surface area (TPSA) is 50.2 Å². The molecule has 24 heavy (non-hydrogen) atoms. The molecule has 6 heteroatoms. The number of amides is 2. The van der Waals surface area contributed by atoms with Crippen LogP contribution in [0, 0.1) is 6.92 Å². The summed E-state index contributed by atoms with van der Waals surface area (Å²) >= 11 is 5.87. The lowest BCUT2D eigenvalue weighted by Crippen LogP contribution is -2.37. The molecule has 1 aromatic heterocycles. The average Bonchev–Trinajstić information content (AvgIpc) is 2.93. The van der Waals surface area contributed by atoms with Crippen LogP contribution in [-0.4, -0.2) is 34.3 Å². The molecule has 0 fully saturated rings. The molecular weight excluding hydrogens is 324 g/mol. The van der Waals surface area contributed by atoms with E-state index >= 15 is 0 Å². The highest BCUT2D eigenvalue weighted by molar-refractivity contribution is 6.30. The van der Waals surface area contributed by atoms with E-state index in [9.17, 15) is 4.79 Å². The fourth-order valence-corrected chi connectivity index (χ4v) is 2.60. The predicted octanol–water partition coefficient (Wildman–Crippen LogP) is 3.64. The lowest BCUT2D eigenvalue weighted by atomic mass is 10.1. The number of halogens is 1. The Morgan fingerprint density at radius 1 is 1.33 bits per heavy atom. The SMILES string of the molecule is CCn1cc(CN(C)C(=O)NCCCc2ccc(Cl)cc2)c(C)n1. The highest BCUT2D eigenvalue weighted by Gasteiger charge is 2.12. The Balaban J connectivity index is 1.73. The first-order valence-corrected chi connectivity index (χ1v) is 8.63. The first kappa shape index (κ1) is 18.3. The largest absolute Gasteiger partial charge is 0.338 e. The maximum atomic E-state index is 12.2. The van der Waals surface area contributed by atoms with Gasteiger partial charge in [-0.3, -0.25) is 4.68 Å². The number of aromatic nitrogens is 2. The van der Waals surface area contributed by atoms with Gasteiger partial charge in [-0.25, -0.2) is 4.79 Å². The minimum atomic E-state index is -0.0604. The summed E-state index contributed by atoms with van der Waals surface area (Å²) in [4.78, 5) is 13.8. The molecule has 1 heterocycles. The normalized spacial score (nSPS) is 10.7. The standard InChI is InChI=1S/C18H25ClN4O/c1-4-23-13-16(14(2)21-23)12-22(3)18(24)20-11-5-6-15-7-9-17(19)10-8-15/h7-10,13H,4-6,11-12H2,1-3H3,(H,20,24). The molecule has 5 nitrogen and oxygen atoms in total. The zero-order valence-corrected chi connectivity index (χ0v) is 15.3. The number of hydrogen-bond donors (Lipinski definition) is 1. The third-order valence-electron chi connectivity index (χ3n) is 3.96. The second-order valence-electron chi connectivity index (χ2n) is 5.91. The van der Waals surface area contributed by atoms with E-state index in [1.54, 1.807) is 11.9 Å². The molecule has 0 saturated heterocycles. The van der Waals surface area contributed by atoms with Crippen LogP contribution in [0.1, 0.15) is 30.2 Å². The van der Waals surface area contributed by atoms with Crippen LogP contribution in [0.15, 0.2) is 30.5 Å². The smallest absolute Gasteiger partial charge is 0.317 e. The average molecular weight is 349 g/mol. The Kier molecular flexibility index (Phi) is 6.67. The van der Waals surface area contributed by atoms with E-state index in [0.717, 1.165) is 35.7 Å². The number of nitrogens with zero attached hydrogens (tertiary/aromatic N) is 3. The maximum Gasteiger partial charge on any atom is 0.317 e. The fraction of sp³-hybridized carbons (Fsp3) is 0.444. The minimum Gasteiger partial charge on any atom is -0.338 e. The van der Waals surface area contributed by atoms with Crippen molar-refractivity contribution in [3.05, 3.63) is 52.3 Å². The second kappa shape index (κ2) is 8.73. The minimum absolute atomic E-state index is 0.0604. The van der Waals surface area contributed by atoms with Gasteiger partial charge in [-0.2, -0.15) is 5.10 Å². The molecule has 0 bridgehead atoms. The van der Waals surface area contributed by atoms with Crippen molar-refractivity contribution in [1.82, 2.24) is 20.0 Å². The van der Waals surface area contributed by atoms with Crippen LogP contribution in [0.2, 0.25) is 5.02 Å². The van der Waals surface area contributed by atoms with Gasteiger partial charge >= 0.3 is 6.03 Å². The van der Waals surface area contributed by atoms with E-state index in [0.29, 0.717) is 13.1 Å². The third kappa shape index (κ3) is 5.27. The van der Waals surface area contributed by atoms with Gasteiger partial charge in [0.05, 0.1) is 12.2 Å². The molecule has 0 aliphatic rings. The highest BCUT2D eigenvalue weighted by atomic mass is 35.5. The van der Waals surface area contributed by atoms with Crippen molar-refractivity contribution in [2.75, 3.05) is 13.6 Å². The first-order chi connectivity index (χ1) is 11.5. The van der Waals surface area contributed by atoms with Crippen molar-refractivity contribution >= 4 is 17.6 Å². The van der Waals surface area contributed by atoms with Gasteiger partial charge in [0.15, 0.2) is 0 Å². The van der Waals surface area contributed by atoms with E-state index in [1.165, 1.54) is 5.56 Å². The van der Waals surface area contributed by atoms with Crippen LogP contribution in [0.3, 0.4) is 0 Å². The van der Waals surface area contributed by atoms with E-state index in [1.807, 2.05) is 49.0 Å². The van der Waals surface area contributed by atoms with E-state index in [-0.39, 0.29) is 6.03 Å². The number of aryl methyl sites for hydroxylation is 3. The molecule has 130 valence electrons. The summed E-state index contributed by atoms with van der Waals surface area (Å²) < 4.78 is 1.89. The maximum absolute atomic E-state index is 12.2. The monoisotopic (exact) mass is 348 g/mol. The zero-order valence-electron chi connectivity index (χ0n) is 14.6. The van der Waals surface area contributed by atoms with Gasteiger partial charge < -0.3 is 10.2 Å². The third-order valence-corrected chi connectivity index (χ3v) is 4.21. The summed E-state index contributed by atoms with van der Waals surface area (Å²) in [6, 6.07) is 7.76. The van der Waals surface area contributed by atoms with Gasteiger partial charge in [0.1, 0.15) is 0 Å². The molecule has 1 aromatic carbocycles. The Morgan fingerprint density at radius 3 is 2.67 bits per heavy atom. The summed E-state index contributed by atoms with van der Waals surface area (Å²) in [6.45, 7) is 6.07.